The highest BCUT2D eigenvalue weighted by atomic mass is 35.5. The molecule has 0 bridgehead atoms. The highest BCUT2D eigenvalue weighted by Crippen LogP contribution is 2.23. The molecule has 4 nitrogen and oxygen atoms in total. The van der Waals surface area contributed by atoms with E-state index in [-0.39, 0.29) is 11.9 Å². The summed E-state index contributed by atoms with van der Waals surface area (Å²) >= 11 is 5.93. The Kier molecular flexibility index (Phi) is 4.58. The SMILES string of the molecule is COc1ccc(Cl)cc1C(=O)NC(C)c1ccncc1. The summed E-state index contributed by atoms with van der Waals surface area (Å²) in [6.45, 7) is 1.91. The number of ether oxygens (including phenoxy) is 1. The van der Waals surface area contributed by atoms with Crippen molar-refractivity contribution in [1.29, 1.82) is 0 Å². The minimum Gasteiger partial charge on any atom is -0.496 e. The molecule has 0 saturated carbocycles. The van der Waals surface area contributed by atoms with Gasteiger partial charge in [0.1, 0.15) is 5.75 Å². The number of pyridine rings is 1. The van der Waals surface area contributed by atoms with E-state index >= 15 is 0 Å². The van der Waals surface area contributed by atoms with Crippen LogP contribution in [0.4, 0.5) is 0 Å². The molecule has 1 N–H and O–H groups in total. The second-order valence-corrected chi connectivity index (χ2v) is 4.76. The van der Waals surface area contributed by atoms with E-state index in [0.29, 0.717) is 16.3 Å². The topological polar surface area (TPSA) is 51.2 Å². The Morgan fingerprint density at radius 3 is 2.65 bits per heavy atom. The van der Waals surface area contributed by atoms with Crippen molar-refractivity contribution in [1.82, 2.24) is 10.3 Å². The van der Waals surface area contributed by atoms with Gasteiger partial charge in [-0.05, 0) is 42.8 Å². The zero-order chi connectivity index (χ0) is 14.5. The Labute approximate surface area is 122 Å². The molecule has 2 rings (SSSR count). The quantitative estimate of drug-likeness (QED) is 0.940. The lowest BCUT2D eigenvalue weighted by molar-refractivity contribution is 0.0937. The maximum atomic E-state index is 12.3. The van der Waals surface area contributed by atoms with Crippen molar-refractivity contribution in [2.75, 3.05) is 7.11 Å². The number of methoxy groups -OCH3 is 1. The lowest BCUT2D eigenvalue weighted by atomic mass is 10.1. The highest BCUT2D eigenvalue weighted by Gasteiger charge is 2.15. The minimum absolute atomic E-state index is 0.130. The molecular formula is C15H15ClN2O2. The van der Waals surface area contributed by atoms with Crippen LogP contribution in [0.25, 0.3) is 0 Å². The fourth-order valence-corrected chi connectivity index (χ4v) is 2.04. The number of benzene rings is 1. The summed E-state index contributed by atoms with van der Waals surface area (Å²) in [7, 11) is 1.52. The fourth-order valence-electron chi connectivity index (χ4n) is 1.87. The van der Waals surface area contributed by atoms with Gasteiger partial charge in [-0.3, -0.25) is 9.78 Å². The molecule has 1 aromatic heterocycles. The number of nitrogens with zero attached hydrogens (tertiary/aromatic N) is 1. The first-order valence-corrected chi connectivity index (χ1v) is 6.54. The van der Waals surface area contributed by atoms with E-state index in [1.807, 2.05) is 19.1 Å². The van der Waals surface area contributed by atoms with Gasteiger partial charge < -0.3 is 10.1 Å². The van der Waals surface area contributed by atoms with E-state index < -0.39 is 0 Å². The van der Waals surface area contributed by atoms with Crippen LogP contribution in [-0.4, -0.2) is 18.0 Å². The second-order valence-electron chi connectivity index (χ2n) is 4.32. The summed E-state index contributed by atoms with van der Waals surface area (Å²) in [4.78, 5) is 16.2. The van der Waals surface area contributed by atoms with Crippen molar-refractivity contribution >= 4 is 17.5 Å². The number of hydrogen-bond donors (Lipinski definition) is 1. The molecule has 104 valence electrons. The number of halogens is 1. The summed E-state index contributed by atoms with van der Waals surface area (Å²) in [5.74, 6) is 0.266. The van der Waals surface area contributed by atoms with Gasteiger partial charge in [-0.2, -0.15) is 0 Å². The van der Waals surface area contributed by atoms with Crippen LogP contribution in [0.1, 0.15) is 28.9 Å². The molecule has 0 aliphatic carbocycles. The Morgan fingerprint density at radius 1 is 1.30 bits per heavy atom. The van der Waals surface area contributed by atoms with Gasteiger partial charge in [0.15, 0.2) is 0 Å². The van der Waals surface area contributed by atoms with Gasteiger partial charge in [-0.1, -0.05) is 11.6 Å². The number of hydrogen-bond acceptors (Lipinski definition) is 3. The predicted molar refractivity (Wildman–Crippen MR) is 78.1 cm³/mol. The summed E-state index contributed by atoms with van der Waals surface area (Å²) in [5, 5.41) is 3.40. The second kappa shape index (κ2) is 6.39. The van der Waals surface area contributed by atoms with Gasteiger partial charge in [0.25, 0.3) is 5.91 Å². The van der Waals surface area contributed by atoms with Gasteiger partial charge >= 0.3 is 0 Å². The Balaban J connectivity index is 2.18. The van der Waals surface area contributed by atoms with Crippen LogP contribution >= 0.6 is 11.6 Å². The first-order valence-electron chi connectivity index (χ1n) is 6.16. The molecule has 0 spiro atoms. The highest BCUT2D eigenvalue weighted by molar-refractivity contribution is 6.31. The van der Waals surface area contributed by atoms with E-state index in [2.05, 4.69) is 10.3 Å². The largest absolute Gasteiger partial charge is 0.496 e. The monoisotopic (exact) mass is 290 g/mol. The summed E-state index contributed by atoms with van der Waals surface area (Å²) in [6, 6.07) is 8.54. The van der Waals surface area contributed by atoms with E-state index in [0.717, 1.165) is 5.56 Å². The Bertz CT molecular complexity index is 602. The minimum atomic E-state index is -0.228. The van der Waals surface area contributed by atoms with E-state index in [1.54, 1.807) is 30.6 Å². The Hall–Kier alpha value is -2.07. The van der Waals surface area contributed by atoms with Gasteiger partial charge in [0.2, 0.25) is 0 Å². The van der Waals surface area contributed by atoms with Crippen molar-refractivity contribution in [3.05, 3.63) is 58.9 Å². The normalized spacial score (nSPS) is 11.8. The molecular weight excluding hydrogens is 276 g/mol. The first-order chi connectivity index (χ1) is 9.61. The maximum Gasteiger partial charge on any atom is 0.255 e. The third-order valence-electron chi connectivity index (χ3n) is 2.96. The molecule has 2 aromatic rings. The summed E-state index contributed by atoms with van der Waals surface area (Å²) in [5.41, 5.74) is 1.40. The molecule has 0 radical (unpaired) electrons. The molecule has 1 aromatic carbocycles. The smallest absolute Gasteiger partial charge is 0.255 e. The van der Waals surface area contributed by atoms with Crippen molar-refractivity contribution in [2.45, 2.75) is 13.0 Å². The van der Waals surface area contributed by atoms with Crippen molar-refractivity contribution in [2.24, 2.45) is 0 Å². The third kappa shape index (κ3) is 3.27. The first kappa shape index (κ1) is 14.3. The maximum absolute atomic E-state index is 12.3. The van der Waals surface area contributed by atoms with Gasteiger partial charge in [-0.25, -0.2) is 0 Å². The van der Waals surface area contributed by atoms with Crippen molar-refractivity contribution < 1.29 is 9.53 Å². The molecule has 0 aliphatic heterocycles. The van der Waals surface area contributed by atoms with Crippen LogP contribution in [0.2, 0.25) is 5.02 Å². The van der Waals surface area contributed by atoms with Crippen LogP contribution in [0, 0.1) is 0 Å². The van der Waals surface area contributed by atoms with Crippen LogP contribution in [0.5, 0.6) is 5.75 Å². The molecule has 0 aliphatic rings. The molecule has 1 unspecified atom stereocenters. The van der Waals surface area contributed by atoms with Gasteiger partial charge in [0, 0.05) is 17.4 Å². The Morgan fingerprint density at radius 2 is 2.00 bits per heavy atom. The zero-order valence-corrected chi connectivity index (χ0v) is 12.0. The summed E-state index contributed by atoms with van der Waals surface area (Å²) < 4.78 is 5.18. The van der Waals surface area contributed by atoms with Crippen LogP contribution in [0.3, 0.4) is 0 Å². The molecule has 20 heavy (non-hydrogen) atoms. The molecule has 5 heteroatoms. The fraction of sp³-hybridized carbons (Fsp3) is 0.200. The zero-order valence-electron chi connectivity index (χ0n) is 11.3. The van der Waals surface area contributed by atoms with Crippen LogP contribution < -0.4 is 10.1 Å². The van der Waals surface area contributed by atoms with Gasteiger partial charge in [0.05, 0.1) is 18.7 Å². The standard InChI is InChI=1S/C15H15ClN2O2/c1-10(11-5-7-17-8-6-11)18-15(19)13-9-12(16)3-4-14(13)20-2/h3-10H,1-2H3,(H,18,19). The number of carbonyl (C=O) groups is 1. The number of aromatic nitrogens is 1. The van der Waals surface area contributed by atoms with E-state index in [1.165, 1.54) is 7.11 Å². The number of rotatable bonds is 4. The van der Waals surface area contributed by atoms with Gasteiger partial charge in [-0.15, -0.1) is 0 Å². The molecule has 1 atom stereocenters. The number of carbonyl (C=O) groups excluding carboxylic acids is 1. The average Bonchev–Trinajstić information content (AvgIpc) is 2.48. The molecule has 1 heterocycles. The number of nitrogens with one attached hydrogen (secondary N) is 1. The van der Waals surface area contributed by atoms with Crippen molar-refractivity contribution in [3.63, 3.8) is 0 Å². The van der Waals surface area contributed by atoms with E-state index in [4.69, 9.17) is 16.3 Å². The van der Waals surface area contributed by atoms with E-state index in [9.17, 15) is 4.79 Å². The van der Waals surface area contributed by atoms with Crippen LogP contribution in [-0.2, 0) is 0 Å². The molecule has 0 fully saturated rings. The molecule has 0 saturated heterocycles. The third-order valence-corrected chi connectivity index (χ3v) is 3.19. The van der Waals surface area contributed by atoms with Crippen molar-refractivity contribution in [3.8, 4) is 5.75 Å². The van der Waals surface area contributed by atoms with Crippen LogP contribution in [0.15, 0.2) is 42.7 Å². The lowest BCUT2D eigenvalue weighted by Crippen LogP contribution is -2.27. The molecule has 1 amide bonds. The lowest BCUT2D eigenvalue weighted by Gasteiger charge is -2.15. The summed E-state index contributed by atoms with van der Waals surface area (Å²) in [6.07, 6.45) is 3.38. The average molecular weight is 291 g/mol. The number of amides is 1. The predicted octanol–water partition coefficient (Wildman–Crippen LogP) is 3.23.